The van der Waals surface area contributed by atoms with E-state index in [0.717, 1.165) is 5.39 Å². The molecule has 0 radical (unpaired) electrons. The van der Waals surface area contributed by atoms with Gasteiger partial charge in [0.1, 0.15) is 5.36 Å². The number of pyridine rings is 1. The Bertz CT molecular complexity index is 753. The van der Waals surface area contributed by atoms with Gasteiger partial charge < -0.3 is 0 Å². The van der Waals surface area contributed by atoms with Crippen LogP contribution in [0.2, 0.25) is 0 Å². The maximum absolute atomic E-state index is 11.2. The van der Waals surface area contributed by atoms with Crippen LogP contribution in [-0.2, 0) is 26.1 Å². The molecule has 3 rings (SSSR count). The number of fused-ring (bicyclic) bond motifs is 3. The summed E-state index contributed by atoms with van der Waals surface area (Å²) in [6.45, 7) is 0. The molecule has 1 amide bonds. The molecule has 1 aliphatic rings. The summed E-state index contributed by atoms with van der Waals surface area (Å²) in [6.07, 6.45) is 2.94. The van der Waals surface area contributed by atoms with Crippen molar-refractivity contribution in [2.45, 2.75) is 0 Å². The van der Waals surface area contributed by atoms with Crippen LogP contribution >= 0.6 is 0 Å². The fourth-order valence-corrected chi connectivity index (χ4v) is 1.74. The second-order valence-corrected chi connectivity index (χ2v) is 3.50. The molecule has 0 fully saturated rings. The topological polar surface area (TPSA) is 59.4 Å². The van der Waals surface area contributed by atoms with Gasteiger partial charge >= 0.3 is 5.91 Å². The average molecular weight is 269 g/mol. The molecular formula is C12H6N2NiO2. The Morgan fingerprint density at radius 1 is 1.06 bits per heavy atom. The van der Waals surface area contributed by atoms with E-state index in [1.165, 1.54) is 6.08 Å². The summed E-state index contributed by atoms with van der Waals surface area (Å²) in [7, 11) is 0. The first-order chi connectivity index (χ1) is 7.75. The fraction of sp³-hybridized carbons (Fsp3) is 0. The summed E-state index contributed by atoms with van der Waals surface area (Å²) in [5.74, 6) is -1.31. The van der Waals surface area contributed by atoms with Gasteiger partial charge in [0.15, 0.2) is 0 Å². The zero-order valence-electron chi connectivity index (χ0n) is 8.49. The number of benzene rings is 1. The second kappa shape index (κ2) is 4.19. The number of ketones is 1. The van der Waals surface area contributed by atoms with Crippen molar-refractivity contribution in [1.29, 1.82) is 0 Å². The van der Waals surface area contributed by atoms with E-state index in [1.807, 2.05) is 18.2 Å². The summed E-state index contributed by atoms with van der Waals surface area (Å²) in [5.41, 5.74) is 0.650. The largest absolute Gasteiger partial charge is 0.318 e. The van der Waals surface area contributed by atoms with Gasteiger partial charge in [-0.3, -0.25) is 14.6 Å². The van der Waals surface area contributed by atoms with Crippen LogP contribution < -0.4 is 10.6 Å². The first kappa shape index (κ1) is 11.6. The Labute approximate surface area is 106 Å². The number of rotatable bonds is 0. The van der Waals surface area contributed by atoms with E-state index in [9.17, 15) is 9.59 Å². The summed E-state index contributed by atoms with van der Waals surface area (Å²) in [4.78, 5) is 30.3. The van der Waals surface area contributed by atoms with Gasteiger partial charge in [-0.2, -0.15) is 0 Å². The van der Waals surface area contributed by atoms with Crippen LogP contribution in [0.3, 0.4) is 0 Å². The second-order valence-electron chi connectivity index (χ2n) is 3.50. The molecule has 5 heteroatoms. The molecule has 2 aromatic rings. The summed E-state index contributed by atoms with van der Waals surface area (Å²) in [5, 5.41) is 2.04. The third-order valence-electron chi connectivity index (χ3n) is 2.49. The maximum Gasteiger partial charge on any atom is 0.318 e. The molecule has 0 saturated heterocycles. The van der Waals surface area contributed by atoms with Crippen LogP contribution in [0.15, 0.2) is 35.5 Å². The van der Waals surface area contributed by atoms with Gasteiger partial charge in [0.25, 0.3) is 0 Å². The van der Waals surface area contributed by atoms with Crippen LogP contribution in [-0.4, -0.2) is 16.7 Å². The standard InChI is InChI=1S/C12H6N2O2.Ni/c15-9-6-8-4-3-7-2-1-5-13-10(7)11(8)14-12(9)16;/h1-6H;. The zero-order chi connectivity index (χ0) is 11.1. The molecule has 0 saturated carbocycles. The molecule has 2 heterocycles. The number of hydrogen-bond donors (Lipinski definition) is 0. The van der Waals surface area contributed by atoms with Gasteiger partial charge in [0.05, 0.1) is 5.52 Å². The van der Waals surface area contributed by atoms with Crippen LogP contribution in [0.4, 0.5) is 0 Å². The van der Waals surface area contributed by atoms with Crippen molar-refractivity contribution in [3.05, 3.63) is 41.0 Å². The van der Waals surface area contributed by atoms with Crippen LogP contribution in [0.25, 0.3) is 17.0 Å². The van der Waals surface area contributed by atoms with E-state index in [4.69, 9.17) is 0 Å². The predicted octanol–water partition coefficient (Wildman–Crippen LogP) is -0.258. The first-order valence-corrected chi connectivity index (χ1v) is 4.78. The molecule has 0 unspecified atom stereocenters. The number of carbonyl (C=O) groups is 2. The smallest absolute Gasteiger partial charge is 0.284 e. The van der Waals surface area contributed by atoms with Crippen molar-refractivity contribution >= 4 is 28.7 Å². The van der Waals surface area contributed by atoms with Crippen LogP contribution in [0.1, 0.15) is 0 Å². The molecule has 0 spiro atoms. The Kier molecular flexibility index (Phi) is 2.86. The number of aromatic nitrogens is 1. The molecule has 4 nitrogen and oxygen atoms in total. The molecule has 1 aromatic carbocycles. The molecule has 0 N–H and O–H groups in total. The predicted molar refractivity (Wildman–Crippen MR) is 57.0 cm³/mol. The number of nitrogens with zero attached hydrogens (tertiary/aromatic N) is 2. The van der Waals surface area contributed by atoms with Gasteiger partial charge in [-0.25, -0.2) is 4.99 Å². The molecule has 0 aliphatic carbocycles. The Morgan fingerprint density at radius 3 is 2.71 bits per heavy atom. The molecule has 17 heavy (non-hydrogen) atoms. The summed E-state index contributed by atoms with van der Waals surface area (Å²) < 4.78 is 0. The van der Waals surface area contributed by atoms with Crippen LogP contribution in [0, 0.1) is 0 Å². The molecule has 1 aliphatic heterocycles. The third kappa shape index (κ3) is 1.79. The van der Waals surface area contributed by atoms with Crippen molar-refractivity contribution in [3.63, 3.8) is 0 Å². The Balaban J connectivity index is 0.00000108. The van der Waals surface area contributed by atoms with Gasteiger partial charge in [-0.15, -0.1) is 0 Å². The molecule has 86 valence electrons. The number of amides is 1. The Hall–Kier alpha value is -1.87. The number of carbonyl (C=O) groups excluding carboxylic acids is 2. The minimum Gasteiger partial charge on any atom is -0.284 e. The zero-order valence-corrected chi connectivity index (χ0v) is 9.48. The normalized spacial score (nSPS) is 13.4. The van der Waals surface area contributed by atoms with Crippen LogP contribution in [0.5, 0.6) is 0 Å². The van der Waals surface area contributed by atoms with Gasteiger partial charge in [-0.1, -0.05) is 18.2 Å². The number of Topliss-reactive ketones (excluding diaryl/α,β-unsaturated/α-hetero) is 1. The van der Waals surface area contributed by atoms with Crippen molar-refractivity contribution in [3.8, 4) is 0 Å². The minimum atomic E-state index is -0.731. The summed E-state index contributed by atoms with van der Waals surface area (Å²) >= 11 is 0. The van der Waals surface area contributed by atoms with Crippen molar-refractivity contribution in [2.75, 3.05) is 0 Å². The molecule has 1 aromatic heterocycles. The summed E-state index contributed by atoms with van der Waals surface area (Å²) in [6, 6.07) is 7.33. The molecular weight excluding hydrogens is 263 g/mol. The van der Waals surface area contributed by atoms with Crippen molar-refractivity contribution < 1.29 is 26.1 Å². The van der Waals surface area contributed by atoms with E-state index in [2.05, 4.69) is 9.98 Å². The van der Waals surface area contributed by atoms with E-state index in [-0.39, 0.29) is 16.5 Å². The monoisotopic (exact) mass is 268 g/mol. The van der Waals surface area contributed by atoms with Gasteiger partial charge in [0.2, 0.25) is 5.78 Å². The maximum atomic E-state index is 11.2. The average Bonchev–Trinajstić information content (AvgIpc) is 2.31. The van der Waals surface area contributed by atoms with Gasteiger partial charge in [-0.05, 0) is 6.07 Å². The minimum absolute atomic E-state index is 0. The van der Waals surface area contributed by atoms with Gasteiger partial charge in [0, 0.05) is 39.4 Å². The fourth-order valence-electron chi connectivity index (χ4n) is 1.74. The first-order valence-electron chi connectivity index (χ1n) is 4.78. The Morgan fingerprint density at radius 2 is 1.88 bits per heavy atom. The molecule has 0 bridgehead atoms. The quantitative estimate of drug-likeness (QED) is 0.489. The number of hydrogen-bond acceptors (Lipinski definition) is 3. The van der Waals surface area contributed by atoms with E-state index in [0.29, 0.717) is 16.1 Å². The SMILES string of the molecule is O=C1C=c2ccc3cccnc3c2=NC1=O.[Ni]. The van der Waals surface area contributed by atoms with E-state index < -0.39 is 11.7 Å². The molecule has 0 atom stereocenters. The van der Waals surface area contributed by atoms with Crippen molar-refractivity contribution in [2.24, 2.45) is 4.99 Å². The van der Waals surface area contributed by atoms with E-state index in [1.54, 1.807) is 12.3 Å². The van der Waals surface area contributed by atoms with E-state index >= 15 is 0 Å². The third-order valence-corrected chi connectivity index (χ3v) is 2.49. The van der Waals surface area contributed by atoms with Crippen molar-refractivity contribution in [1.82, 2.24) is 4.98 Å².